The van der Waals surface area contributed by atoms with Crippen LogP contribution in [0.3, 0.4) is 0 Å². The number of likely N-dealkylation sites (tertiary alicyclic amines) is 1. The van der Waals surface area contributed by atoms with Crippen LogP contribution >= 0.6 is 11.3 Å². The largest absolute Gasteiger partial charge is 0.348 e. The lowest BCUT2D eigenvalue weighted by molar-refractivity contribution is -0.132. The van der Waals surface area contributed by atoms with Crippen molar-refractivity contribution in [3.8, 4) is 10.4 Å². The lowest BCUT2D eigenvalue weighted by atomic mass is 10.0. The summed E-state index contributed by atoms with van der Waals surface area (Å²) in [5, 5.41) is 3.11. The highest BCUT2D eigenvalue weighted by molar-refractivity contribution is 7.17. The minimum atomic E-state index is -0.0244. The predicted molar refractivity (Wildman–Crippen MR) is 99.5 cm³/mol. The van der Waals surface area contributed by atoms with E-state index in [0.29, 0.717) is 6.42 Å². The Morgan fingerprint density at radius 2 is 1.92 bits per heavy atom. The Bertz CT molecular complexity index is 721. The molecule has 1 fully saturated rings. The van der Waals surface area contributed by atoms with Gasteiger partial charge in [-0.15, -0.1) is 11.3 Å². The number of nitrogens with one attached hydrogen (secondary N) is 1. The highest BCUT2D eigenvalue weighted by Gasteiger charge is 2.24. The molecule has 0 unspecified atom stereocenters. The van der Waals surface area contributed by atoms with E-state index in [0.717, 1.165) is 47.7 Å². The van der Waals surface area contributed by atoms with Crippen molar-refractivity contribution in [2.45, 2.75) is 38.6 Å². The summed E-state index contributed by atoms with van der Waals surface area (Å²) >= 11 is 1.49. The van der Waals surface area contributed by atoms with E-state index in [1.54, 1.807) is 12.4 Å². The topological polar surface area (TPSA) is 62.3 Å². The van der Waals surface area contributed by atoms with Crippen LogP contribution in [0.5, 0.6) is 0 Å². The van der Waals surface area contributed by atoms with Gasteiger partial charge in [0.15, 0.2) is 0 Å². The Hall–Kier alpha value is -2.21. The van der Waals surface area contributed by atoms with Gasteiger partial charge in [0.1, 0.15) is 0 Å². The lowest BCUT2D eigenvalue weighted by Gasteiger charge is -2.32. The first-order chi connectivity index (χ1) is 12.2. The zero-order valence-corrected chi connectivity index (χ0v) is 15.2. The average molecular weight is 357 g/mol. The van der Waals surface area contributed by atoms with Crippen molar-refractivity contribution in [1.82, 2.24) is 15.2 Å². The normalized spacial score (nSPS) is 15.2. The molecule has 25 heavy (non-hydrogen) atoms. The zero-order chi connectivity index (χ0) is 17.6. The third kappa shape index (κ3) is 4.45. The van der Waals surface area contributed by atoms with Crippen molar-refractivity contribution in [2.75, 3.05) is 13.1 Å². The van der Waals surface area contributed by atoms with Crippen LogP contribution in [0.4, 0.5) is 0 Å². The van der Waals surface area contributed by atoms with Crippen molar-refractivity contribution in [2.24, 2.45) is 0 Å². The van der Waals surface area contributed by atoms with Gasteiger partial charge in [0.2, 0.25) is 5.91 Å². The van der Waals surface area contributed by atoms with E-state index in [2.05, 4.69) is 10.3 Å². The number of rotatable bonds is 5. The van der Waals surface area contributed by atoms with Crippen LogP contribution in [0.2, 0.25) is 0 Å². The summed E-state index contributed by atoms with van der Waals surface area (Å²) in [4.78, 5) is 32.1. The fraction of sp³-hybridized carbons (Fsp3) is 0.421. The number of carbonyl (C=O) groups excluding carboxylic acids is 2. The number of hydrogen-bond donors (Lipinski definition) is 1. The van der Waals surface area contributed by atoms with Gasteiger partial charge in [-0.2, -0.15) is 0 Å². The molecule has 0 bridgehead atoms. The van der Waals surface area contributed by atoms with Crippen LogP contribution < -0.4 is 5.32 Å². The van der Waals surface area contributed by atoms with E-state index in [1.165, 1.54) is 11.3 Å². The fourth-order valence-corrected chi connectivity index (χ4v) is 3.95. The number of hydrogen-bond acceptors (Lipinski definition) is 4. The van der Waals surface area contributed by atoms with Crippen LogP contribution in [-0.4, -0.2) is 40.8 Å². The third-order valence-electron chi connectivity index (χ3n) is 4.44. The first-order valence-electron chi connectivity index (χ1n) is 8.76. The molecule has 0 radical (unpaired) electrons. The van der Waals surface area contributed by atoms with E-state index in [4.69, 9.17) is 0 Å². The third-order valence-corrected chi connectivity index (χ3v) is 5.57. The number of aromatic nitrogens is 1. The molecule has 6 heteroatoms. The Kier molecular flexibility index (Phi) is 5.81. The molecule has 0 aliphatic carbocycles. The van der Waals surface area contributed by atoms with E-state index < -0.39 is 0 Å². The number of amides is 2. The Balaban J connectivity index is 1.54. The average Bonchev–Trinajstić information content (AvgIpc) is 3.13. The van der Waals surface area contributed by atoms with Gasteiger partial charge >= 0.3 is 0 Å². The first-order valence-corrected chi connectivity index (χ1v) is 9.58. The van der Waals surface area contributed by atoms with Crippen molar-refractivity contribution < 1.29 is 9.59 Å². The molecule has 1 saturated heterocycles. The Morgan fingerprint density at radius 1 is 1.20 bits per heavy atom. The second kappa shape index (κ2) is 8.25. The second-order valence-electron chi connectivity index (χ2n) is 6.28. The van der Waals surface area contributed by atoms with Crippen LogP contribution in [-0.2, 0) is 4.79 Å². The molecule has 1 N–H and O–H groups in total. The number of pyridine rings is 1. The summed E-state index contributed by atoms with van der Waals surface area (Å²) in [5.41, 5.74) is 1.07. The highest BCUT2D eigenvalue weighted by atomic mass is 32.1. The molecule has 2 amide bonds. The lowest BCUT2D eigenvalue weighted by Crippen LogP contribution is -2.46. The summed E-state index contributed by atoms with van der Waals surface area (Å²) in [6.07, 6.45) is 6.65. The molecule has 2 aromatic heterocycles. The Labute approximate surface area is 152 Å². The zero-order valence-electron chi connectivity index (χ0n) is 14.4. The van der Waals surface area contributed by atoms with Crippen molar-refractivity contribution >= 4 is 23.2 Å². The van der Waals surface area contributed by atoms with E-state index in [1.807, 2.05) is 36.1 Å². The van der Waals surface area contributed by atoms with Crippen LogP contribution in [0.15, 0.2) is 36.7 Å². The molecule has 0 atom stereocenters. The molecule has 0 aromatic carbocycles. The summed E-state index contributed by atoms with van der Waals surface area (Å²) < 4.78 is 0. The standard InChI is InChI=1S/C19H23N3O2S/c1-2-3-18(23)22-12-8-15(9-13-22)21-19(24)17-5-4-16(25-17)14-6-10-20-11-7-14/h4-7,10-11,15H,2-3,8-9,12-13H2,1H3,(H,21,24). The maximum absolute atomic E-state index is 12.5. The molecule has 0 spiro atoms. The number of carbonyl (C=O) groups is 2. The summed E-state index contributed by atoms with van der Waals surface area (Å²) in [7, 11) is 0. The maximum Gasteiger partial charge on any atom is 0.261 e. The molecule has 2 aromatic rings. The van der Waals surface area contributed by atoms with Gasteiger partial charge in [-0.25, -0.2) is 0 Å². The molecule has 1 aliphatic rings. The minimum absolute atomic E-state index is 0.0244. The molecule has 132 valence electrons. The van der Waals surface area contributed by atoms with Crippen molar-refractivity contribution in [3.05, 3.63) is 41.5 Å². The van der Waals surface area contributed by atoms with Crippen LogP contribution in [0, 0.1) is 0 Å². The Morgan fingerprint density at radius 3 is 2.60 bits per heavy atom. The first kappa shape index (κ1) is 17.6. The van der Waals surface area contributed by atoms with E-state index in [9.17, 15) is 9.59 Å². The van der Waals surface area contributed by atoms with Gasteiger partial charge in [-0.1, -0.05) is 6.92 Å². The van der Waals surface area contributed by atoms with Gasteiger partial charge in [0.25, 0.3) is 5.91 Å². The van der Waals surface area contributed by atoms with Gasteiger partial charge < -0.3 is 10.2 Å². The SMILES string of the molecule is CCCC(=O)N1CCC(NC(=O)c2ccc(-c3ccncc3)s2)CC1. The number of piperidine rings is 1. The van der Waals surface area contributed by atoms with E-state index in [-0.39, 0.29) is 17.9 Å². The van der Waals surface area contributed by atoms with Gasteiger partial charge in [-0.05, 0) is 49.1 Å². The van der Waals surface area contributed by atoms with Crippen molar-refractivity contribution in [1.29, 1.82) is 0 Å². The summed E-state index contributed by atoms with van der Waals surface area (Å²) in [5.74, 6) is 0.205. The second-order valence-corrected chi connectivity index (χ2v) is 7.36. The van der Waals surface area contributed by atoms with Gasteiger partial charge in [0, 0.05) is 42.8 Å². The number of nitrogens with zero attached hydrogens (tertiary/aromatic N) is 2. The molecule has 1 aliphatic heterocycles. The summed E-state index contributed by atoms with van der Waals surface area (Å²) in [6, 6.07) is 7.87. The number of thiophene rings is 1. The smallest absolute Gasteiger partial charge is 0.261 e. The van der Waals surface area contributed by atoms with Crippen molar-refractivity contribution in [3.63, 3.8) is 0 Å². The molecule has 0 saturated carbocycles. The maximum atomic E-state index is 12.5. The molecule has 5 nitrogen and oxygen atoms in total. The molecular formula is C19H23N3O2S. The highest BCUT2D eigenvalue weighted by Crippen LogP contribution is 2.27. The fourth-order valence-electron chi connectivity index (χ4n) is 3.03. The van der Waals surface area contributed by atoms with Crippen LogP contribution in [0.25, 0.3) is 10.4 Å². The quantitative estimate of drug-likeness (QED) is 0.893. The minimum Gasteiger partial charge on any atom is -0.348 e. The molecule has 3 rings (SSSR count). The van der Waals surface area contributed by atoms with Crippen LogP contribution in [0.1, 0.15) is 42.3 Å². The monoisotopic (exact) mass is 357 g/mol. The summed E-state index contributed by atoms with van der Waals surface area (Å²) in [6.45, 7) is 3.49. The molecule has 3 heterocycles. The molecular weight excluding hydrogens is 334 g/mol. The predicted octanol–water partition coefficient (Wildman–Crippen LogP) is 3.33. The van der Waals surface area contributed by atoms with Gasteiger partial charge in [0.05, 0.1) is 4.88 Å². The van der Waals surface area contributed by atoms with Gasteiger partial charge in [-0.3, -0.25) is 14.6 Å². The van der Waals surface area contributed by atoms with E-state index >= 15 is 0 Å².